The van der Waals surface area contributed by atoms with E-state index in [4.69, 9.17) is 9.47 Å². The van der Waals surface area contributed by atoms with Crippen molar-refractivity contribution in [2.45, 2.75) is 18.8 Å². The van der Waals surface area contributed by atoms with Gasteiger partial charge in [-0.1, -0.05) is 12.1 Å². The number of nitrogens with zero attached hydrogens (tertiary/aromatic N) is 3. The largest absolute Gasteiger partial charge is 0.433 e. The van der Waals surface area contributed by atoms with Crippen LogP contribution in [0.25, 0.3) is 11.0 Å². The number of hydrogen-bond acceptors (Lipinski definition) is 7. The van der Waals surface area contributed by atoms with E-state index in [2.05, 4.69) is 30.6 Å². The molecule has 3 heterocycles. The number of nitrogens with one attached hydrogen (secondary N) is 3. The summed E-state index contributed by atoms with van der Waals surface area (Å²) < 4.78 is 48.8. The zero-order valence-corrected chi connectivity index (χ0v) is 17.2. The molecule has 170 valence electrons. The highest BCUT2D eigenvalue weighted by Gasteiger charge is 2.33. The Balaban J connectivity index is 1.19. The SMILES string of the molecule is FC(F)(F)c1ccnc(Oc2ccc(CNc3nc4ccc(NC5COC5)cc4[nH]3)cc2)n1. The summed E-state index contributed by atoms with van der Waals surface area (Å²) in [5.41, 5.74) is 2.64. The first-order valence-corrected chi connectivity index (χ1v) is 10.2. The van der Waals surface area contributed by atoms with Gasteiger partial charge in [-0.25, -0.2) is 9.97 Å². The third kappa shape index (κ3) is 4.98. The van der Waals surface area contributed by atoms with Crippen LogP contribution in [0.4, 0.5) is 24.8 Å². The Bertz CT molecular complexity index is 1260. The van der Waals surface area contributed by atoms with Crippen molar-refractivity contribution >= 4 is 22.7 Å². The van der Waals surface area contributed by atoms with E-state index in [-0.39, 0.29) is 6.01 Å². The maximum Gasteiger partial charge on any atom is 0.433 e. The first-order valence-electron chi connectivity index (χ1n) is 10.2. The molecule has 0 atom stereocenters. The van der Waals surface area contributed by atoms with Crippen molar-refractivity contribution in [2.24, 2.45) is 0 Å². The van der Waals surface area contributed by atoms with Gasteiger partial charge in [-0.3, -0.25) is 0 Å². The summed E-state index contributed by atoms with van der Waals surface area (Å²) >= 11 is 0. The maximum absolute atomic E-state index is 12.8. The van der Waals surface area contributed by atoms with Crippen LogP contribution in [0.2, 0.25) is 0 Å². The van der Waals surface area contributed by atoms with Crippen LogP contribution in [0.3, 0.4) is 0 Å². The second-order valence-corrected chi connectivity index (χ2v) is 7.52. The summed E-state index contributed by atoms with van der Waals surface area (Å²) in [6.07, 6.45) is -3.55. The molecule has 2 aromatic heterocycles. The van der Waals surface area contributed by atoms with Crippen LogP contribution in [-0.2, 0) is 17.5 Å². The summed E-state index contributed by atoms with van der Waals surface area (Å²) in [5.74, 6) is 0.963. The molecule has 0 aliphatic carbocycles. The molecule has 0 bridgehead atoms. The zero-order valence-electron chi connectivity index (χ0n) is 17.2. The molecule has 4 aromatic rings. The summed E-state index contributed by atoms with van der Waals surface area (Å²) in [5, 5.41) is 6.63. The third-order valence-corrected chi connectivity index (χ3v) is 5.01. The highest BCUT2D eigenvalue weighted by molar-refractivity contribution is 5.81. The number of H-pyrrole nitrogens is 1. The summed E-state index contributed by atoms with van der Waals surface area (Å²) in [7, 11) is 0. The first-order chi connectivity index (χ1) is 15.9. The fourth-order valence-electron chi connectivity index (χ4n) is 3.25. The molecule has 1 aliphatic rings. The fourth-order valence-corrected chi connectivity index (χ4v) is 3.25. The van der Waals surface area contributed by atoms with E-state index in [1.165, 1.54) is 0 Å². The third-order valence-electron chi connectivity index (χ3n) is 5.01. The van der Waals surface area contributed by atoms with E-state index < -0.39 is 11.9 Å². The van der Waals surface area contributed by atoms with E-state index in [1.54, 1.807) is 24.3 Å². The molecule has 1 saturated heterocycles. The number of benzene rings is 2. The van der Waals surface area contributed by atoms with Crippen LogP contribution in [0.15, 0.2) is 54.7 Å². The number of halogens is 3. The molecule has 2 aromatic carbocycles. The summed E-state index contributed by atoms with van der Waals surface area (Å²) in [4.78, 5) is 14.9. The molecule has 3 N–H and O–H groups in total. The van der Waals surface area contributed by atoms with Crippen LogP contribution < -0.4 is 15.4 Å². The van der Waals surface area contributed by atoms with E-state index in [1.807, 2.05) is 18.2 Å². The number of imidazole rings is 1. The number of rotatable bonds is 7. The van der Waals surface area contributed by atoms with Gasteiger partial charge in [0.15, 0.2) is 5.69 Å². The number of alkyl halides is 3. The molecular formula is C22H19F3N6O2. The minimum atomic E-state index is -4.56. The molecule has 0 unspecified atom stereocenters. The molecule has 0 spiro atoms. The van der Waals surface area contributed by atoms with Gasteiger partial charge in [0.05, 0.1) is 30.3 Å². The van der Waals surface area contributed by atoms with Crippen molar-refractivity contribution in [3.63, 3.8) is 0 Å². The lowest BCUT2D eigenvalue weighted by Gasteiger charge is -2.27. The van der Waals surface area contributed by atoms with Gasteiger partial charge in [-0.05, 0) is 42.0 Å². The van der Waals surface area contributed by atoms with Crippen molar-refractivity contribution in [1.82, 2.24) is 19.9 Å². The molecule has 11 heteroatoms. The summed E-state index contributed by atoms with van der Waals surface area (Å²) in [6, 6.07) is 13.6. The molecule has 1 fully saturated rings. The number of aromatic nitrogens is 4. The average molecular weight is 456 g/mol. The highest BCUT2D eigenvalue weighted by atomic mass is 19.4. The van der Waals surface area contributed by atoms with Crippen LogP contribution in [0, 0.1) is 0 Å². The second-order valence-electron chi connectivity index (χ2n) is 7.52. The van der Waals surface area contributed by atoms with Crippen molar-refractivity contribution in [2.75, 3.05) is 23.8 Å². The van der Waals surface area contributed by atoms with Crippen molar-refractivity contribution in [1.29, 1.82) is 0 Å². The van der Waals surface area contributed by atoms with Gasteiger partial charge in [-0.15, -0.1) is 0 Å². The monoisotopic (exact) mass is 456 g/mol. The molecule has 5 rings (SSSR count). The predicted molar refractivity (Wildman–Crippen MR) is 115 cm³/mol. The van der Waals surface area contributed by atoms with E-state index >= 15 is 0 Å². The van der Waals surface area contributed by atoms with Crippen LogP contribution in [0.1, 0.15) is 11.3 Å². The second kappa shape index (κ2) is 8.58. The zero-order chi connectivity index (χ0) is 22.8. The van der Waals surface area contributed by atoms with Gasteiger partial charge >= 0.3 is 12.2 Å². The number of ether oxygens (including phenoxy) is 2. The Morgan fingerprint density at radius 2 is 1.88 bits per heavy atom. The quantitative estimate of drug-likeness (QED) is 0.374. The van der Waals surface area contributed by atoms with Crippen LogP contribution in [-0.4, -0.2) is 39.2 Å². The van der Waals surface area contributed by atoms with Crippen LogP contribution in [0.5, 0.6) is 11.8 Å². The van der Waals surface area contributed by atoms with E-state index in [0.29, 0.717) is 37.5 Å². The first kappa shape index (κ1) is 21.0. The van der Waals surface area contributed by atoms with Gasteiger partial charge < -0.3 is 25.1 Å². The minimum absolute atomic E-state index is 0.332. The average Bonchev–Trinajstić information content (AvgIpc) is 3.18. The molecule has 1 aliphatic heterocycles. The lowest BCUT2D eigenvalue weighted by Crippen LogP contribution is -2.40. The normalized spacial score (nSPS) is 14.2. The van der Waals surface area contributed by atoms with Crippen LogP contribution >= 0.6 is 0 Å². The lowest BCUT2D eigenvalue weighted by molar-refractivity contribution is -0.141. The van der Waals surface area contributed by atoms with Gasteiger partial charge in [0.1, 0.15) is 5.75 Å². The fraction of sp³-hybridized carbons (Fsp3) is 0.227. The van der Waals surface area contributed by atoms with Crippen molar-refractivity contribution < 1.29 is 22.6 Å². The highest BCUT2D eigenvalue weighted by Crippen LogP contribution is 2.29. The van der Waals surface area contributed by atoms with E-state index in [0.717, 1.165) is 34.5 Å². The van der Waals surface area contributed by atoms with Gasteiger partial charge in [0, 0.05) is 18.4 Å². The number of anilines is 2. The molecule has 33 heavy (non-hydrogen) atoms. The molecule has 0 radical (unpaired) electrons. The summed E-state index contributed by atoms with van der Waals surface area (Å²) in [6.45, 7) is 1.92. The topological polar surface area (TPSA) is 97.0 Å². The van der Waals surface area contributed by atoms with Gasteiger partial charge in [0.25, 0.3) is 0 Å². The molecule has 8 nitrogen and oxygen atoms in total. The Kier molecular flexibility index (Phi) is 5.47. The molecule has 0 saturated carbocycles. The molecule has 0 amide bonds. The standard InChI is InChI=1S/C22H19F3N6O2/c23-22(24,25)19-7-8-26-21(31-19)33-16-4-1-13(2-5-16)10-27-20-29-17-6-3-14(9-18(17)30-20)28-15-11-32-12-15/h1-9,15,28H,10-12H2,(H2,27,29,30). The van der Waals surface area contributed by atoms with Crippen molar-refractivity contribution in [3.8, 4) is 11.8 Å². The number of hydrogen-bond donors (Lipinski definition) is 3. The Hall–Kier alpha value is -3.86. The lowest BCUT2D eigenvalue weighted by atomic mass is 10.2. The Morgan fingerprint density at radius 3 is 2.61 bits per heavy atom. The number of aromatic amines is 1. The van der Waals surface area contributed by atoms with Crippen molar-refractivity contribution in [3.05, 3.63) is 66.0 Å². The smallest absolute Gasteiger partial charge is 0.424 e. The molecular weight excluding hydrogens is 437 g/mol. The predicted octanol–water partition coefficient (Wildman–Crippen LogP) is 4.59. The minimum Gasteiger partial charge on any atom is -0.424 e. The number of fused-ring (bicyclic) bond motifs is 1. The van der Waals surface area contributed by atoms with E-state index in [9.17, 15) is 13.2 Å². The Labute approximate surface area is 186 Å². The Morgan fingerprint density at radius 1 is 1.06 bits per heavy atom. The van der Waals surface area contributed by atoms with Gasteiger partial charge in [-0.2, -0.15) is 18.2 Å². The van der Waals surface area contributed by atoms with Gasteiger partial charge in [0.2, 0.25) is 5.95 Å². The maximum atomic E-state index is 12.8.